The largest absolute Gasteiger partial charge is 0.426 e. The Bertz CT molecular complexity index is 1280. The number of hydrogen-bond acceptors (Lipinski definition) is 6. The molecule has 29 heavy (non-hydrogen) atoms. The molecule has 3 aromatic rings. The van der Waals surface area contributed by atoms with Gasteiger partial charge in [-0.1, -0.05) is 18.2 Å². The number of benzene rings is 2. The highest BCUT2D eigenvalue weighted by molar-refractivity contribution is 7.90. The molecule has 1 heterocycles. The van der Waals surface area contributed by atoms with Crippen LogP contribution in [0.25, 0.3) is 0 Å². The minimum Gasteiger partial charge on any atom is -0.426 e. The lowest BCUT2D eigenvalue weighted by Crippen LogP contribution is -2.32. The Morgan fingerprint density at radius 3 is 2.31 bits per heavy atom. The van der Waals surface area contributed by atoms with Gasteiger partial charge in [0.1, 0.15) is 5.75 Å². The molecule has 0 N–H and O–H groups in total. The fourth-order valence-electron chi connectivity index (χ4n) is 2.70. The van der Waals surface area contributed by atoms with Gasteiger partial charge in [0.2, 0.25) is 0 Å². The SMILES string of the molecule is CC(=O)Oc1ccccc1C(=O)n1ccn(S(=O)(=O)c2ccc(C)c(C)c2)c1=O. The summed E-state index contributed by atoms with van der Waals surface area (Å²) < 4.78 is 31.9. The number of aromatic nitrogens is 2. The lowest BCUT2D eigenvalue weighted by Gasteiger charge is -2.08. The van der Waals surface area contributed by atoms with Gasteiger partial charge in [-0.25, -0.2) is 17.8 Å². The van der Waals surface area contributed by atoms with E-state index in [0.717, 1.165) is 23.5 Å². The normalized spacial score (nSPS) is 11.3. The summed E-state index contributed by atoms with van der Waals surface area (Å²) in [5, 5.41) is 0. The molecule has 0 aliphatic carbocycles. The van der Waals surface area contributed by atoms with Crippen molar-refractivity contribution in [1.82, 2.24) is 8.54 Å². The minimum atomic E-state index is -4.19. The number of carbonyl (C=O) groups is 2. The van der Waals surface area contributed by atoms with E-state index in [2.05, 4.69) is 0 Å². The van der Waals surface area contributed by atoms with Gasteiger partial charge < -0.3 is 4.74 Å². The van der Waals surface area contributed by atoms with Gasteiger partial charge in [0.05, 0.1) is 10.5 Å². The van der Waals surface area contributed by atoms with Crippen LogP contribution >= 0.6 is 0 Å². The molecule has 0 aliphatic heterocycles. The second-order valence-corrected chi connectivity index (χ2v) is 8.21. The van der Waals surface area contributed by atoms with Gasteiger partial charge in [0.25, 0.3) is 15.9 Å². The number of carbonyl (C=O) groups excluding carboxylic acids is 2. The van der Waals surface area contributed by atoms with Crippen molar-refractivity contribution in [1.29, 1.82) is 0 Å². The van der Waals surface area contributed by atoms with E-state index in [1.807, 2.05) is 6.92 Å². The van der Waals surface area contributed by atoms with Crippen LogP contribution in [0.4, 0.5) is 0 Å². The molecular formula is C20H18N2O6S. The molecule has 0 bridgehead atoms. The molecule has 0 radical (unpaired) electrons. The predicted octanol–water partition coefficient (Wildman–Crippen LogP) is 2.12. The zero-order valence-electron chi connectivity index (χ0n) is 15.9. The van der Waals surface area contributed by atoms with Crippen LogP contribution in [-0.2, 0) is 14.8 Å². The van der Waals surface area contributed by atoms with Crippen molar-refractivity contribution < 1.29 is 22.7 Å². The quantitative estimate of drug-likeness (QED) is 0.478. The first-order valence-electron chi connectivity index (χ1n) is 8.58. The lowest BCUT2D eigenvalue weighted by molar-refractivity contribution is -0.131. The Kier molecular flexibility index (Phi) is 5.25. The molecule has 0 unspecified atom stereocenters. The van der Waals surface area contributed by atoms with Crippen molar-refractivity contribution in [2.24, 2.45) is 0 Å². The molecular weight excluding hydrogens is 396 g/mol. The Hall–Kier alpha value is -3.46. The Balaban J connectivity index is 2.06. The lowest BCUT2D eigenvalue weighted by atomic mass is 10.1. The van der Waals surface area contributed by atoms with Crippen LogP contribution in [0.15, 0.2) is 64.5 Å². The van der Waals surface area contributed by atoms with Gasteiger partial charge in [-0.2, -0.15) is 3.97 Å². The van der Waals surface area contributed by atoms with Crippen LogP contribution < -0.4 is 10.4 Å². The Morgan fingerprint density at radius 2 is 1.66 bits per heavy atom. The van der Waals surface area contributed by atoms with Gasteiger partial charge in [0.15, 0.2) is 0 Å². The number of esters is 1. The minimum absolute atomic E-state index is 0.0262. The van der Waals surface area contributed by atoms with Crippen molar-refractivity contribution in [2.45, 2.75) is 25.7 Å². The molecule has 0 fully saturated rings. The molecule has 0 aliphatic rings. The fraction of sp³-hybridized carbons (Fsp3) is 0.150. The molecule has 0 saturated heterocycles. The van der Waals surface area contributed by atoms with Crippen molar-refractivity contribution in [3.05, 3.63) is 82.0 Å². The zero-order valence-corrected chi connectivity index (χ0v) is 16.8. The smallest absolute Gasteiger partial charge is 0.349 e. The molecule has 1 aromatic heterocycles. The highest BCUT2D eigenvalue weighted by Gasteiger charge is 2.24. The summed E-state index contributed by atoms with van der Waals surface area (Å²) in [6.07, 6.45) is 2.08. The zero-order chi connectivity index (χ0) is 21.3. The van der Waals surface area contributed by atoms with Crippen molar-refractivity contribution in [3.8, 4) is 5.75 Å². The number of ether oxygens (including phenoxy) is 1. The van der Waals surface area contributed by atoms with Crippen molar-refractivity contribution in [2.75, 3.05) is 0 Å². The average molecular weight is 414 g/mol. The van der Waals surface area contributed by atoms with Crippen LogP contribution in [0.3, 0.4) is 0 Å². The number of nitrogens with zero attached hydrogens (tertiary/aromatic N) is 2. The van der Waals surface area contributed by atoms with Crippen LogP contribution in [0.1, 0.15) is 28.4 Å². The van der Waals surface area contributed by atoms with Gasteiger partial charge in [-0.15, -0.1) is 0 Å². The van der Waals surface area contributed by atoms with E-state index in [1.54, 1.807) is 19.1 Å². The third-order valence-corrected chi connectivity index (χ3v) is 6.02. The first kappa shape index (κ1) is 20.3. The van der Waals surface area contributed by atoms with Crippen molar-refractivity contribution in [3.63, 3.8) is 0 Å². The fourth-order valence-corrected chi connectivity index (χ4v) is 4.00. The summed E-state index contributed by atoms with van der Waals surface area (Å²) in [4.78, 5) is 36.7. The number of rotatable bonds is 4. The maximum atomic E-state index is 12.9. The van der Waals surface area contributed by atoms with Gasteiger partial charge in [-0.05, 0) is 49.2 Å². The van der Waals surface area contributed by atoms with E-state index in [1.165, 1.54) is 37.3 Å². The molecule has 0 atom stereocenters. The monoisotopic (exact) mass is 414 g/mol. The van der Waals surface area contributed by atoms with E-state index >= 15 is 0 Å². The summed E-state index contributed by atoms with van der Waals surface area (Å²) in [5.74, 6) is -1.48. The van der Waals surface area contributed by atoms with Crippen LogP contribution in [0, 0.1) is 13.8 Å². The van der Waals surface area contributed by atoms with Gasteiger partial charge >= 0.3 is 11.7 Å². The molecule has 0 amide bonds. The highest BCUT2D eigenvalue weighted by atomic mass is 32.2. The van der Waals surface area contributed by atoms with Crippen molar-refractivity contribution >= 4 is 21.9 Å². The Labute approximate surface area is 167 Å². The number of para-hydroxylation sites is 1. The van der Waals surface area contributed by atoms with E-state index in [4.69, 9.17) is 4.74 Å². The van der Waals surface area contributed by atoms with E-state index in [9.17, 15) is 22.8 Å². The van der Waals surface area contributed by atoms with E-state index in [-0.39, 0.29) is 16.2 Å². The Morgan fingerprint density at radius 1 is 0.966 bits per heavy atom. The predicted molar refractivity (Wildman–Crippen MR) is 105 cm³/mol. The molecule has 0 spiro atoms. The molecule has 8 nitrogen and oxygen atoms in total. The highest BCUT2D eigenvalue weighted by Crippen LogP contribution is 2.20. The summed E-state index contributed by atoms with van der Waals surface area (Å²) in [7, 11) is -4.19. The molecule has 150 valence electrons. The third kappa shape index (κ3) is 3.77. The topological polar surface area (TPSA) is 104 Å². The van der Waals surface area contributed by atoms with Crippen LogP contribution in [0.5, 0.6) is 5.75 Å². The van der Waals surface area contributed by atoms with Gasteiger partial charge in [-0.3, -0.25) is 9.59 Å². The van der Waals surface area contributed by atoms with Crippen LogP contribution in [-0.4, -0.2) is 28.8 Å². The van der Waals surface area contributed by atoms with E-state index < -0.39 is 27.6 Å². The molecule has 9 heteroatoms. The van der Waals surface area contributed by atoms with Gasteiger partial charge in [0, 0.05) is 19.3 Å². The summed E-state index contributed by atoms with van der Waals surface area (Å²) in [6.45, 7) is 4.78. The maximum Gasteiger partial charge on any atom is 0.349 e. The van der Waals surface area contributed by atoms with E-state index in [0.29, 0.717) is 8.54 Å². The number of hydrogen-bond donors (Lipinski definition) is 0. The number of imidazole rings is 1. The summed E-state index contributed by atoms with van der Waals surface area (Å²) in [5.41, 5.74) is 0.563. The van der Waals surface area contributed by atoms with Crippen LogP contribution in [0.2, 0.25) is 0 Å². The standard InChI is InChI=1S/C20H18N2O6S/c1-13-8-9-16(12-14(13)2)29(26,27)22-11-10-21(20(22)25)19(24)17-6-4-5-7-18(17)28-15(3)23/h4-12H,1-3H3. The third-order valence-electron chi connectivity index (χ3n) is 4.37. The molecule has 3 rings (SSSR count). The second kappa shape index (κ2) is 7.51. The first-order valence-corrected chi connectivity index (χ1v) is 10.0. The number of aryl methyl sites for hydroxylation is 2. The molecule has 0 saturated carbocycles. The second-order valence-electron chi connectivity index (χ2n) is 6.39. The average Bonchev–Trinajstić information content (AvgIpc) is 3.05. The summed E-state index contributed by atoms with van der Waals surface area (Å²) >= 11 is 0. The first-order chi connectivity index (χ1) is 13.6. The molecule has 2 aromatic carbocycles. The summed E-state index contributed by atoms with van der Waals surface area (Å²) in [6, 6.07) is 10.4. The maximum absolute atomic E-state index is 12.9.